The molecule has 2 aromatic rings. The van der Waals surface area contributed by atoms with E-state index < -0.39 is 23.5 Å². The fraction of sp³-hybridized carbons (Fsp3) is 0.154. The summed E-state index contributed by atoms with van der Waals surface area (Å²) < 4.78 is 75.2. The molecule has 0 unspecified atom stereocenters. The molecular formula is C13H5F6N3S. The normalized spacial score (nSPS) is 12.0. The lowest BCUT2D eigenvalue weighted by Crippen LogP contribution is -2.07. The third-order valence-corrected chi connectivity index (χ3v) is 3.55. The lowest BCUT2D eigenvalue weighted by atomic mass is 10.2. The van der Waals surface area contributed by atoms with Crippen LogP contribution in [0.25, 0.3) is 0 Å². The summed E-state index contributed by atoms with van der Waals surface area (Å²) >= 11 is 0.625. The van der Waals surface area contributed by atoms with Crippen molar-refractivity contribution in [1.29, 1.82) is 5.26 Å². The number of pyridine rings is 2. The van der Waals surface area contributed by atoms with Gasteiger partial charge in [-0.05, 0) is 18.2 Å². The second-order valence-electron chi connectivity index (χ2n) is 4.17. The molecule has 0 amide bonds. The molecule has 10 heteroatoms. The van der Waals surface area contributed by atoms with Gasteiger partial charge in [0.1, 0.15) is 11.1 Å². The first-order chi connectivity index (χ1) is 10.6. The number of nitrogens with zero attached hydrogens (tertiary/aromatic N) is 3. The van der Waals surface area contributed by atoms with Gasteiger partial charge in [0.05, 0.1) is 16.0 Å². The van der Waals surface area contributed by atoms with Crippen LogP contribution in [0.5, 0.6) is 0 Å². The minimum atomic E-state index is -4.65. The Morgan fingerprint density at radius 2 is 1.52 bits per heavy atom. The lowest BCUT2D eigenvalue weighted by molar-refractivity contribution is -0.138. The van der Waals surface area contributed by atoms with Crippen molar-refractivity contribution >= 4 is 11.8 Å². The van der Waals surface area contributed by atoms with E-state index in [-0.39, 0.29) is 15.6 Å². The molecule has 0 radical (unpaired) electrons. The molecule has 0 aliphatic carbocycles. The van der Waals surface area contributed by atoms with Gasteiger partial charge in [0.25, 0.3) is 0 Å². The Morgan fingerprint density at radius 3 is 2.00 bits per heavy atom. The number of aromatic nitrogens is 2. The predicted molar refractivity (Wildman–Crippen MR) is 67.3 cm³/mol. The maximum atomic E-state index is 12.7. The van der Waals surface area contributed by atoms with E-state index in [2.05, 4.69) is 9.97 Å². The molecule has 120 valence electrons. The Labute approximate surface area is 130 Å². The molecule has 0 aromatic carbocycles. The van der Waals surface area contributed by atoms with Crippen molar-refractivity contribution in [1.82, 2.24) is 9.97 Å². The molecule has 0 saturated carbocycles. The van der Waals surface area contributed by atoms with E-state index in [9.17, 15) is 26.3 Å². The largest absolute Gasteiger partial charge is 0.417 e. The van der Waals surface area contributed by atoms with E-state index in [4.69, 9.17) is 5.26 Å². The Hall–Kier alpha value is -2.28. The number of hydrogen-bond donors (Lipinski definition) is 0. The molecule has 0 aliphatic heterocycles. The minimum Gasteiger partial charge on any atom is -0.249 e. The maximum Gasteiger partial charge on any atom is 0.417 e. The molecule has 2 aromatic heterocycles. The molecule has 2 heterocycles. The van der Waals surface area contributed by atoms with Crippen molar-refractivity contribution in [3.05, 3.63) is 47.4 Å². The fourth-order valence-electron chi connectivity index (χ4n) is 1.48. The van der Waals surface area contributed by atoms with Gasteiger partial charge in [-0.3, -0.25) is 0 Å². The van der Waals surface area contributed by atoms with Crippen LogP contribution in [-0.2, 0) is 12.4 Å². The summed E-state index contributed by atoms with van der Waals surface area (Å²) in [4.78, 5) is 6.80. The minimum absolute atomic E-state index is 0.00984. The quantitative estimate of drug-likeness (QED) is 0.747. The highest BCUT2D eigenvalue weighted by molar-refractivity contribution is 7.99. The van der Waals surface area contributed by atoms with Crippen molar-refractivity contribution in [2.45, 2.75) is 22.3 Å². The van der Waals surface area contributed by atoms with Crippen molar-refractivity contribution < 1.29 is 26.3 Å². The van der Waals surface area contributed by atoms with Crippen LogP contribution in [0.15, 0.2) is 40.5 Å². The monoisotopic (exact) mass is 349 g/mol. The Kier molecular flexibility index (Phi) is 4.51. The summed E-state index contributed by atoms with van der Waals surface area (Å²) in [5.74, 6) is 0. The van der Waals surface area contributed by atoms with Crippen LogP contribution in [0, 0.1) is 11.3 Å². The predicted octanol–water partition coefficient (Wildman–Crippen LogP) is 4.54. The highest BCUT2D eigenvalue weighted by Crippen LogP contribution is 2.35. The lowest BCUT2D eigenvalue weighted by Gasteiger charge is -2.10. The number of alkyl halides is 6. The van der Waals surface area contributed by atoms with E-state index in [1.165, 1.54) is 0 Å². The number of halogens is 6. The summed E-state index contributed by atoms with van der Waals surface area (Å²) in [6.45, 7) is 0. The second kappa shape index (κ2) is 6.08. The van der Waals surface area contributed by atoms with Gasteiger partial charge in [0.15, 0.2) is 5.69 Å². The summed E-state index contributed by atoms with van der Waals surface area (Å²) in [7, 11) is 0. The van der Waals surface area contributed by atoms with Gasteiger partial charge in [-0.25, -0.2) is 9.97 Å². The van der Waals surface area contributed by atoms with Crippen molar-refractivity contribution in [3.8, 4) is 6.07 Å². The molecule has 0 bridgehead atoms. The van der Waals surface area contributed by atoms with Crippen LogP contribution in [-0.4, -0.2) is 9.97 Å². The molecule has 0 aliphatic rings. The van der Waals surface area contributed by atoms with Crippen LogP contribution in [0.4, 0.5) is 26.3 Å². The van der Waals surface area contributed by atoms with E-state index in [0.717, 1.165) is 12.1 Å². The van der Waals surface area contributed by atoms with Crippen molar-refractivity contribution in [2.75, 3.05) is 0 Å². The van der Waals surface area contributed by atoms with E-state index in [1.807, 2.05) is 0 Å². The summed E-state index contributed by atoms with van der Waals surface area (Å²) in [6, 6.07) is 4.09. The first-order valence-electron chi connectivity index (χ1n) is 5.79. The van der Waals surface area contributed by atoms with Crippen LogP contribution in [0.2, 0.25) is 0 Å². The Balaban J connectivity index is 2.34. The van der Waals surface area contributed by atoms with Gasteiger partial charge in [-0.15, -0.1) is 0 Å². The van der Waals surface area contributed by atoms with E-state index in [0.29, 0.717) is 30.2 Å². The molecular weight excluding hydrogens is 344 g/mol. The highest BCUT2D eigenvalue weighted by atomic mass is 32.2. The molecule has 23 heavy (non-hydrogen) atoms. The van der Waals surface area contributed by atoms with Crippen LogP contribution in [0.3, 0.4) is 0 Å². The number of nitriles is 1. The molecule has 3 nitrogen and oxygen atoms in total. The zero-order chi connectivity index (χ0) is 17.3. The molecule has 0 fully saturated rings. The molecule has 2 rings (SSSR count). The summed E-state index contributed by atoms with van der Waals surface area (Å²) in [5.41, 5.74) is -2.32. The molecule has 0 spiro atoms. The molecule has 0 saturated heterocycles. The van der Waals surface area contributed by atoms with Gasteiger partial charge in [0.2, 0.25) is 0 Å². The average molecular weight is 349 g/mol. The Morgan fingerprint density at radius 1 is 0.913 bits per heavy atom. The van der Waals surface area contributed by atoms with Crippen molar-refractivity contribution in [2.24, 2.45) is 0 Å². The first kappa shape index (κ1) is 17.1. The zero-order valence-electron chi connectivity index (χ0n) is 10.9. The standard InChI is InChI=1S/C13H5F6N3S/c14-12(15,16)7-1-2-11(22-5-7)23-10-3-8(13(17,18)19)6-21-9(10)4-20/h1-3,5-6H. The van der Waals surface area contributed by atoms with E-state index >= 15 is 0 Å². The third kappa shape index (κ3) is 4.13. The van der Waals surface area contributed by atoms with E-state index in [1.54, 1.807) is 6.07 Å². The van der Waals surface area contributed by atoms with Crippen molar-refractivity contribution in [3.63, 3.8) is 0 Å². The zero-order valence-corrected chi connectivity index (χ0v) is 11.7. The first-order valence-corrected chi connectivity index (χ1v) is 6.61. The van der Waals surface area contributed by atoms with Crippen LogP contribution >= 0.6 is 11.8 Å². The third-order valence-electron chi connectivity index (χ3n) is 2.56. The second-order valence-corrected chi connectivity index (χ2v) is 5.23. The van der Waals surface area contributed by atoms with Gasteiger partial charge in [-0.1, -0.05) is 11.8 Å². The number of rotatable bonds is 2. The fourth-order valence-corrected chi connectivity index (χ4v) is 2.33. The van der Waals surface area contributed by atoms with Gasteiger partial charge >= 0.3 is 12.4 Å². The summed E-state index contributed by atoms with van der Waals surface area (Å²) in [6.07, 6.45) is -8.13. The highest BCUT2D eigenvalue weighted by Gasteiger charge is 2.32. The smallest absolute Gasteiger partial charge is 0.249 e. The Bertz CT molecular complexity index is 746. The average Bonchev–Trinajstić information content (AvgIpc) is 2.46. The maximum absolute atomic E-state index is 12.7. The molecule has 0 N–H and O–H groups in total. The van der Waals surface area contributed by atoms with Crippen LogP contribution < -0.4 is 0 Å². The molecule has 0 atom stereocenters. The van der Waals surface area contributed by atoms with Gasteiger partial charge in [0, 0.05) is 12.4 Å². The number of hydrogen-bond acceptors (Lipinski definition) is 4. The SMILES string of the molecule is N#Cc1ncc(C(F)(F)F)cc1Sc1ccc(C(F)(F)F)cn1. The van der Waals surface area contributed by atoms with Gasteiger partial charge < -0.3 is 0 Å². The van der Waals surface area contributed by atoms with Gasteiger partial charge in [-0.2, -0.15) is 31.6 Å². The summed E-state index contributed by atoms with van der Waals surface area (Å²) in [5, 5.41) is 8.87. The topological polar surface area (TPSA) is 49.6 Å². The van der Waals surface area contributed by atoms with Crippen LogP contribution in [0.1, 0.15) is 16.8 Å².